The second-order valence-electron chi connectivity index (χ2n) is 7.06. The zero-order valence-electron chi connectivity index (χ0n) is 15.8. The Hall–Kier alpha value is -1.46. The minimum absolute atomic E-state index is 0. The van der Waals surface area contributed by atoms with Crippen LogP contribution in [0.1, 0.15) is 36.8 Å². The van der Waals surface area contributed by atoms with Gasteiger partial charge in [0, 0.05) is 25.6 Å². The Morgan fingerprint density at radius 1 is 1.07 bits per heavy atom. The molecule has 1 N–H and O–H groups in total. The molecule has 1 aliphatic rings. The van der Waals surface area contributed by atoms with Crippen LogP contribution in [0.25, 0.3) is 0 Å². The summed E-state index contributed by atoms with van der Waals surface area (Å²) in [5, 5.41) is 11.8. The highest BCUT2D eigenvalue weighted by atomic mass is 35.5. The van der Waals surface area contributed by atoms with Gasteiger partial charge >= 0.3 is 0 Å². The molecule has 1 heterocycles. The zero-order valence-corrected chi connectivity index (χ0v) is 16.6. The standard InChI is InChI=1S/C22H28FNO2.ClH/c1-2-12-22(25,19-8-10-20(23)11-9-19)21(18-6-4-3-5-7-18)17-24-13-15-26-16-14-24;/h3-11,21,25H,2,12-17H2,1H3;1H. The maximum Gasteiger partial charge on any atom is 0.123 e. The summed E-state index contributed by atoms with van der Waals surface area (Å²) in [6, 6.07) is 16.5. The van der Waals surface area contributed by atoms with E-state index in [1.165, 1.54) is 12.1 Å². The first-order chi connectivity index (χ1) is 12.6. The number of halogens is 2. The molecule has 0 saturated carbocycles. The van der Waals surface area contributed by atoms with E-state index in [4.69, 9.17) is 4.74 Å². The molecule has 2 atom stereocenters. The lowest BCUT2D eigenvalue weighted by molar-refractivity contribution is -0.0285. The van der Waals surface area contributed by atoms with Gasteiger partial charge in [-0.3, -0.25) is 4.90 Å². The molecule has 2 unspecified atom stereocenters. The summed E-state index contributed by atoms with van der Waals surface area (Å²) in [5.74, 6) is -0.371. The van der Waals surface area contributed by atoms with Crippen LogP contribution in [0.15, 0.2) is 54.6 Å². The molecule has 0 amide bonds. The van der Waals surface area contributed by atoms with Gasteiger partial charge < -0.3 is 9.84 Å². The van der Waals surface area contributed by atoms with Gasteiger partial charge in [-0.05, 0) is 29.7 Å². The average Bonchev–Trinajstić information content (AvgIpc) is 2.68. The van der Waals surface area contributed by atoms with Crippen molar-refractivity contribution in [2.75, 3.05) is 32.8 Å². The summed E-state index contributed by atoms with van der Waals surface area (Å²) >= 11 is 0. The first-order valence-electron chi connectivity index (χ1n) is 9.47. The molecule has 0 radical (unpaired) electrons. The van der Waals surface area contributed by atoms with Crippen molar-refractivity contribution in [1.82, 2.24) is 4.90 Å². The molecule has 0 bridgehead atoms. The summed E-state index contributed by atoms with van der Waals surface area (Å²) in [6.45, 7) is 6.02. The molecule has 0 aromatic heterocycles. The summed E-state index contributed by atoms with van der Waals surface area (Å²) in [7, 11) is 0. The number of morpholine rings is 1. The zero-order chi connectivity index (χ0) is 18.4. The maximum atomic E-state index is 13.5. The predicted octanol–water partition coefficient (Wildman–Crippen LogP) is 4.35. The number of ether oxygens (including phenoxy) is 1. The third kappa shape index (κ3) is 5.29. The fourth-order valence-electron chi connectivity index (χ4n) is 3.90. The minimum Gasteiger partial charge on any atom is -0.384 e. The third-order valence-corrected chi connectivity index (χ3v) is 5.30. The molecule has 1 fully saturated rings. The average molecular weight is 394 g/mol. The molecule has 3 nitrogen and oxygen atoms in total. The van der Waals surface area contributed by atoms with Crippen LogP contribution in [-0.2, 0) is 10.3 Å². The van der Waals surface area contributed by atoms with Crippen molar-refractivity contribution < 1.29 is 14.2 Å². The van der Waals surface area contributed by atoms with Crippen LogP contribution >= 0.6 is 12.4 Å². The lowest BCUT2D eigenvalue weighted by atomic mass is 9.74. The first kappa shape index (κ1) is 21.8. The summed E-state index contributed by atoms with van der Waals surface area (Å²) < 4.78 is 18.9. The highest BCUT2D eigenvalue weighted by Gasteiger charge is 2.39. The molecule has 148 valence electrons. The van der Waals surface area contributed by atoms with Crippen molar-refractivity contribution in [3.63, 3.8) is 0 Å². The molecule has 1 saturated heterocycles. The molecule has 1 aliphatic heterocycles. The number of hydrogen-bond donors (Lipinski definition) is 1. The predicted molar refractivity (Wildman–Crippen MR) is 109 cm³/mol. The van der Waals surface area contributed by atoms with E-state index in [0.29, 0.717) is 6.42 Å². The summed E-state index contributed by atoms with van der Waals surface area (Å²) in [5.41, 5.74) is 0.851. The van der Waals surface area contributed by atoms with Crippen LogP contribution in [0.4, 0.5) is 4.39 Å². The van der Waals surface area contributed by atoms with Crippen LogP contribution in [0.5, 0.6) is 0 Å². The monoisotopic (exact) mass is 393 g/mol. The Morgan fingerprint density at radius 2 is 1.70 bits per heavy atom. The lowest BCUT2D eigenvalue weighted by Crippen LogP contribution is -2.45. The fraction of sp³-hybridized carbons (Fsp3) is 0.455. The molecular weight excluding hydrogens is 365 g/mol. The van der Waals surface area contributed by atoms with Crippen LogP contribution in [0.3, 0.4) is 0 Å². The van der Waals surface area contributed by atoms with E-state index >= 15 is 0 Å². The molecule has 2 aromatic rings. The van der Waals surface area contributed by atoms with Gasteiger partial charge in [0.1, 0.15) is 5.82 Å². The summed E-state index contributed by atoms with van der Waals surface area (Å²) in [6.07, 6.45) is 1.48. The van der Waals surface area contributed by atoms with Crippen LogP contribution in [0, 0.1) is 5.82 Å². The van der Waals surface area contributed by atoms with Gasteiger partial charge in [0.05, 0.1) is 18.8 Å². The Balaban J connectivity index is 0.00000261. The molecule has 3 rings (SSSR count). The van der Waals surface area contributed by atoms with Crippen molar-refractivity contribution in [2.45, 2.75) is 31.3 Å². The quantitative estimate of drug-likeness (QED) is 0.759. The van der Waals surface area contributed by atoms with E-state index in [9.17, 15) is 9.50 Å². The Morgan fingerprint density at radius 3 is 2.30 bits per heavy atom. The lowest BCUT2D eigenvalue weighted by Gasteiger charge is -2.41. The second kappa shape index (κ2) is 10.2. The minimum atomic E-state index is -1.04. The van der Waals surface area contributed by atoms with Crippen molar-refractivity contribution in [2.24, 2.45) is 0 Å². The van der Waals surface area contributed by atoms with Crippen molar-refractivity contribution in [1.29, 1.82) is 0 Å². The van der Waals surface area contributed by atoms with Crippen LogP contribution in [0.2, 0.25) is 0 Å². The largest absolute Gasteiger partial charge is 0.384 e. The van der Waals surface area contributed by atoms with Crippen LogP contribution < -0.4 is 0 Å². The highest BCUT2D eigenvalue weighted by Crippen LogP contribution is 2.41. The Labute approximate surface area is 167 Å². The van der Waals surface area contributed by atoms with Crippen molar-refractivity contribution >= 4 is 12.4 Å². The number of benzene rings is 2. The normalized spacial score (nSPS) is 18.3. The summed E-state index contributed by atoms with van der Waals surface area (Å²) in [4.78, 5) is 2.35. The van der Waals surface area contributed by atoms with E-state index in [1.807, 2.05) is 18.2 Å². The van der Waals surface area contributed by atoms with E-state index in [1.54, 1.807) is 12.1 Å². The Bertz CT molecular complexity index is 676. The van der Waals surface area contributed by atoms with Gasteiger partial charge in [0.2, 0.25) is 0 Å². The smallest absolute Gasteiger partial charge is 0.123 e. The van der Waals surface area contributed by atoms with Gasteiger partial charge in [-0.1, -0.05) is 55.8 Å². The molecule has 0 spiro atoms. The van der Waals surface area contributed by atoms with Crippen molar-refractivity contribution in [3.05, 3.63) is 71.5 Å². The van der Waals surface area contributed by atoms with E-state index in [-0.39, 0.29) is 24.1 Å². The van der Waals surface area contributed by atoms with Crippen molar-refractivity contribution in [3.8, 4) is 0 Å². The highest BCUT2D eigenvalue weighted by molar-refractivity contribution is 5.85. The number of hydrogen-bond acceptors (Lipinski definition) is 3. The number of aliphatic hydroxyl groups is 1. The number of nitrogens with zero attached hydrogens (tertiary/aromatic N) is 1. The fourth-order valence-corrected chi connectivity index (χ4v) is 3.90. The molecular formula is C22H29ClFNO2. The SMILES string of the molecule is CCCC(O)(c1ccc(F)cc1)C(CN1CCOCC1)c1ccccc1.Cl. The maximum absolute atomic E-state index is 13.5. The number of rotatable bonds is 7. The van der Waals surface area contributed by atoms with Gasteiger partial charge in [0.15, 0.2) is 0 Å². The van der Waals surface area contributed by atoms with E-state index in [2.05, 4.69) is 24.0 Å². The van der Waals surface area contributed by atoms with Crippen LogP contribution in [-0.4, -0.2) is 42.9 Å². The topological polar surface area (TPSA) is 32.7 Å². The van der Waals surface area contributed by atoms with Gasteiger partial charge in [-0.2, -0.15) is 0 Å². The second-order valence-corrected chi connectivity index (χ2v) is 7.06. The van der Waals surface area contributed by atoms with E-state index in [0.717, 1.165) is 50.4 Å². The molecule has 0 aliphatic carbocycles. The molecule has 27 heavy (non-hydrogen) atoms. The van der Waals surface area contributed by atoms with E-state index < -0.39 is 5.60 Å². The Kier molecular flexibility index (Phi) is 8.24. The van der Waals surface area contributed by atoms with Gasteiger partial charge in [-0.25, -0.2) is 4.39 Å². The first-order valence-corrected chi connectivity index (χ1v) is 9.47. The third-order valence-electron chi connectivity index (χ3n) is 5.30. The van der Waals surface area contributed by atoms with Gasteiger partial charge in [-0.15, -0.1) is 12.4 Å². The molecule has 5 heteroatoms. The molecule has 2 aromatic carbocycles. The van der Waals surface area contributed by atoms with Gasteiger partial charge in [0.25, 0.3) is 0 Å².